The molecule has 4 nitrogen and oxygen atoms in total. The number of methoxy groups -OCH3 is 1. The number of aromatic nitrogens is 2. The van der Waals surface area contributed by atoms with Gasteiger partial charge >= 0.3 is 0 Å². The highest BCUT2D eigenvalue weighted by atomic mass is 35.5. The quantitative estimate of drug-likeness (QED) is 0.915. The molecule has 0 saturated carbocycles. The molecule has 1 unspecified atom stereocenters. The van der Waals surface area contributed by atoms with Gasteiger partial charge in [0.1, 0.15) is 5.75 Å². The van der Waals surface area contributed by atoms with E-state index in [-0.39, 0.29) is 6.04 Å². The van der Waals surface area contributed by atoms with Crippen molar-refractivity contribution in [3.8, 4) is 5.75 Å². The maximum Gasteiger partial charge on any atom is 0.137 e. The number of imidazole rings is 1. The Morgan fingerprint density at radius 3 is 2.84 bits per heavy atom. The van der Waals surface area contributed by atoms with Gasteiger partial charge in [0.15, 0.2) is 0 Å². The summed E-state index contributed by atoms with van der Waals surface area (Å²) in [6, 6.07) is 5.90. The predicted molar refractivity (Wildman–Crippen MR) is 76.7 cm³/mol. The third kappa shape index (κ3) is 2.91. The maximum absolute atomic E-state index is 6.07. The van der Waals surface area contributed by atoms with Gasteiger partial charge in [-0.2, -0.15) is 0 Å². The first-order valence-corrected chi connectivity index (χ1v) is 6.58. The molecule has 1 aromatic carbocycles. The van der Waals surface area contributed by atoms with Gasteiger partial charge in [-0.15, -0.1) is 0 Å². The van der Waals surface area contributed by atoms with Crippen LogP contribution in [0.1, 0.15) is 24.2 Å². The average molecular weight is 280 g/mol. The second kappa shape index (κ2) is 6.08. The van der Waals surface area contributed by atoms with Crippen LogP contribution >= 0.6 is 11.6 Å². The number of nitrogens with zero attached hydrogens (tertiary/aromatic N) is 2. The molecule has 0 saturated heterocycles. The van der Waals surface area contributed by atoms with Crippen molar-refractivity contribution in [2.75, 3.05) is 13.7 Å². The molecule has 2 rings (SSSR count). The largest absolute Gasteiger partial charge is 0.495 e. The van der Waals surface area contributed by atoms with Crippen LogP contribution in [0.15, 0.2) is 30.7 Å². The van der Waals surface area contributed by atoms with Crippen molar-refractivity contribution >= 4 is 11.6 Å². The van der Waals surface area contributed by atoms with E-state index in [9.17, 15) is 0 Å². The van der Waals surface area contributed by atoms with Gasteiger partial charge in [-0.05, 0) is 24.2 Å². The fourth-order valence-electron chi connectivity index (χ4n) is 2.10. The summed E-state index contributed by atoms with van der Waals surface area (Å²) in [4.78, 5) is 4.18. The van der Waals surface area contributed by atoms with Crippen LogP contribution in [-0.4, -0.2) is 23.2 Å². The Kier molecular flexibility index (Phi) is 4.45. The van der Waals surface area contributed by atoms with Gasteiger partial charge in [-0.3, -0.25) is 0 Å². The Morgan fingerprint density at radius 2 is 2.26 bits per heavy atom. The third-order valence-corrected chi connectivity index (χ3v) is 3.38. The monoisotopic (exact) mass is 279 g/mol. The Labute approximate surface area is 118 Å². The molecule has 0 aliphatic rings. The minimum atomic E-state index is 0.0728. The lowest BCUT2D eigenvalue weighted by Crippen LogP contribution is -2.23. The van der Waals surface area contributed by atoms with Gasteiger partial charge in [0.05, 0.1) is 36.4 Å². The first-order valence-electron chi connectivity index (χ1n) is 6.20. The number of benzene rings is 1. The number of hydrogen-bond donors (Lipinski definition) is 1. The summed E-state index contributed by atoms with van der Waals surface area (Å²) < 4.78 is 7.29. The molecule has 1 heterocycles. The van der Waals surface area contributed by atoms with Gasteiger partial charge in [0, 0.05) is 7.05 Å². The minimum Gasteiger partial charge on any atom is -0.495 e. The van der Waals surface area contributed by atoms with Crippen LogP contribution in [0.3, 0.4) is 0 Å². The van der Waals surface area contributed by atoms with Crippen molar-refractivity contribution in [3.63, 3.8) is 0 Å². The van der Waals surface area contributed by atoms with E-state index in [1.165, 1.54) is 0 Å². The minimum absolute atomic E-state index is 0.0728. The fourth-order valence-corrected chi connectivity index (χ4v) is 2.29. The number of hydrogen-bond acceptors (Lipinski definition) is 3. The second-order valence-corrected chi connectivity index (χ2v) is 4.72. The normalized spacial score (nSPS) is 12.4. The molecule has 0 spiro atoms. The van der Waals surface area contributed by atoms with E-state index in [0.29, 0.717) is 10.8 Å². The molecule has 0 radical (unpaired) electrons. The van der Waals surface area contributed by atoms with Gasteiger partial charge < -0.3 is 14.6 Å². The van der Waals surface area contributed by atoms with Crippen molar-refractivity contribution in [2.24, 2.45) is 7.05 Å². The molecule has 0 amide bonds. The summed E-state index contributed by atoms with van der Waals surface area (Å²) in [6.07, 6.45) is 3.67. The molecule has 19 heavy (non-hydrogen) atoms. The van der Waals surface area contributed by atoms with Crippen molar-refractivity contribution in [1.29, 1.82) is 0 Å². The van der Waals surface area contributed by atoms with Crippen molar-refractivity contribution in [2.45, 2.75) is 13.0 Å². The molecular weight excluding hydrogens is 262 g/mol. The summed E-state index contributed by atoms with van der Waals surface area (Å²) in [6.45, 7) is 2.94. The molecule has 0 fully saturated rings. The molecule has 0 aliphatic heterocycles. The smallest absolute Gasteiger partial charge is 0.137 e. The van der Waals surface area contributed by atoms with Gasteiger partial charge in [0.2, 0.25) is 0 Å². The summed E-state index contributed by atoms with van der Waals surface area (Å²) in [5, 5.41) is 4.07. The van der Waals surface area contributed by atoms with E-state index in [1.54, 1.807) is 13.4 Å². The number of halogens is 1. The van der Waals surface area contributed by atoms with Crippen LogP contribution in [0.2, 0.25) is 5.02 Å². The van der Waals surface area contributed by atoms with Gasteiger partial charge in [-0.25, -0.2) is 4.98 Å². The van der Waals surface area contributed by atoms with E-state index < -0.39 is 0 Å². The van der Waals surface area contributed by atoms with Crippen LogP contribution < -0.4 is 10.1 Å². The summed E-state index contributed by atoms with van der Waals surface area (Å²) in [5.74, 6) is 0.684. The highest BCUT2D eigenvalue weighted by molar-refractivity contribution is 6.32. The second-order valence-electron chi connectivity index (χ2n) is 4.31. The van der Waals surface area contributed by atoms with E-state index in [1.807, 2.05) is 36.0 Å². The van der Waals surface area contributed by atoms with Crippen LogP contribution in [0.5, 0.6) is 5.75 Å². The Morgan fingerprint density at radius 1 is 1.47 bits per heavy atom. The zero-order chi connectivity index (χ0) is 13.8. The lowest BCUT2D eigenvalue weighted by Gasteiger charge is -2.19. The Bertz CT molecular complexity index is 553. The lowest BCUT2D eigenvalue weighted by atomic mass is 10.0. The number of rotatable bonds is 5. The molecule has 0 bridgehead atoms. The average Bonchev–Trinajstić information content (AvgIpc) is 2.83. The predicted octanol–water partition coefficient (Wildman–Crippen LogP) is 2.78. The zero-order valence-corrected chi connectivity index (χ0v) is 12.1. The fraction of sp³-hybridized carbons (Fsp3) is 0.357. The van der Waals surface area contributed by atoms with Crippen molar-refractivity contribution in [1.82, 2.24) is 14.9 Å². The molecule has 102 valence electrons. The van der Waals surface area contributed by atoms with Gasteiger partial charge in [0.25, 0.3) is 0 Å². The van der Waals surface area contributed by atoms with Crippen LogP contribution in [0.25, 0.3) is 0 Å². The molecule has 1 aromatic heterocycles. The molecule has 0 aliphatic carbocycles. The first-order chi connectivity index (χ1) is 9.17. The summed E-state index contributed by atoms with van der Waals surface area (Å²) >= 11 is 6.07. The SMILES string of the molecule is CCNC(c1ccc(Cl)c(OC)c1)c1cncn1C. The molecule has 1 atom stereocenters. The zero-order valence-electron chi connectivity index (χ0n) is 11.4. The highest BCUT2D eigenvalue weighted by Crippen LogP contribution is 2.30. The standard InChI is InChI=1S/C14H18ClN3O/c1-4-17-14(12-8-16-9-18(12)2)10-5-6-11(15)13(7-10)19-3/h5-9,14,17H,4H2,1-3H3. The van der Waals surface area contributed by atoms with E-state index in [4.69, 9.17) is 16.3 Å². The van der Waals surface area contributed by atoms with Crippen molar-refractivity contribution < 1.29 is 4.74 Å². The summed E-state index contributed by atoms with van der Waals surface area (Å²) in [7, 11) is 3.61. The van der Waals surface area contributed by atoms with Crippen LogP contribution in [0, 0.1) is 0 Å². The first kappa shape index (κ1) is 13.9. The van der Waals surface area contributed by atoms with Gasteiger partial charge in [-0.1, -0.05) is 24.6 Å². The number of ether oxygens (including phenoxy) is 1. The molecular formula is C14H18ClN3O. The summed E-state index contributed by atoms with van der Waals surface area (Å²) in [5.41, 5.74) is 2.21. The Balaban J connectivity index is 2.42. The van der Waals surface area contributed by atoms with E-state index in [2.05, 4.69) is 17.2 Å². The molecule has 5 heteroatoms. The van der Waals surface area contributed by atoms with Crippen molar-refractivity contribution in [3.05, 3.63) is 47.0 Å². The topological polar surface area (TPSA) is 39.1 Å². The molecule has 1 N–H and O–H groups in total. The maximum atomic E-state index is 6.07. The number of aryl methyl sites for hydroxylation is 1. The number of nitrogens with one attached hydrogen (secondary N) is 1. The lowest BCUT2D eigenvalue weighted by molar-refractivity contribution is 0.413. The third-order valence-electron chi connectivity index (χ3n) is 3.07. The highest BCUT2D eigenvalue weighted by Gasteiger charge is 2.17. The molecule has 2 aromatic rings. The van der Waals surface area contributed by atoms with E-state index in [0.717, 1.165) is 17.8 Å². The Hall–Kier alpha value is -1.52. The van der Waals surface area contributed by atoms with E-state index >= 15 is 0 Å². The van der Waals surface area contributed by atoms with Crippen LogP contribution in [0.4, 0.5) is 0 Å². The van der Waals surface area contributed by atoms with Crippen LogP contribution in [-0.2, 0) is 7.05 Å².